The number of thiazole rings is 1. The lowest BCUT2D eigenvalue weighted by atomic mass is 10.2. The van der Waals surface area contributed by atoms with Gasteiger partial charge in [0.05, 0.1) is 6.54 Å². The number of nitrogens with zero attached hydrogens (tertiary/aromatic N) is 1. The molecule has 2 rings (SSSR count). The van der Waals surface area contributed by atoms with E-state index in [0.717, 1.165) is 22.3 Å². The van der Waals surface area contributed by atoms with Gasteiger partial charge in [-0.2, -0.15) is 0 Å². The first-order valence-corrected chi connectivity index (χ1v) is 8.29. The van der Waals surface area contributed by atoms with Crippen LogP contribution in [0.25, 0.3) is 6.08 Å². The summed E-state index contributed by atoms with van der Waals surface area (Å²) in [6.07, 6.45) is 1.48. The zero-order valence-corrected chi connectivity index (χ0v) is 12.4. The second-order valence-corrected chi connectivity index (χ2v) is 6.60. The summed E-state index contributed by atoms with van der Waals surface area (Å²) in [6.45, 7) is -0.0423. The van der Waals surface area contributed by atoms with E-state index in [4.69, 9.17) is 5.11 Å². The second kappa shape index (κ2) is 6.61. The zero-order chi connectivity index (χ0) is 15.3. The average molecular weight is 324 g/mol. The van der Waals surface area contributed by atoms with Crippen molar-refractivity contribution in [1.82, 2.24) is 9.71 Å². The normalized spacial score (nSPS) is 11.8. The van der Waals surface area contributed by atoms with Gasteiger partial charge in [-0.15, -0.1) is 11.3 Å². The lowest BCUT2D eigenvalue weighted by Crippen LogP contribution is -2.20. The molecule has 6 nitrogen and oxygen atoms in total. The van der Waals surface area contributed by atoms with Crippen molar-refractivity contribution in [3.63, 3.8) is 0 Å². The summed E-state index contributed by atoms with van der Waals surface area (Å²) in [5.74, 6) is -1.13. The van der Waals surface area contributed by atoms with Gasteiger partial charge in [-0.05, 0) is 11.6 Å². The number of aromatic nitrogens is 1. The topological polar surface area (TPSA) is 96.4 Å². The van der Waals surface area contributed by atoms with E-state index in [1.165, 1.54) is 11.5 Å². The summed E-state index contributed by atoms with van der Waals surface area (Å²) < 4.78 is 25.9. The van der Waals surface area contributed by atoms with E-state index in [2.05, 4.69) is 9.71 Å². The molecule has 2 N–H and O–H groups in total. The molecule has 0 fully saturated rings. The summed E-state index contributed by atoms with van der Waals surface area (Å²) in [5.41, 5.74) is 0.680. The molecule has 0 spiro atoms. The lowest BCUT2D eigenvalue weighted by molar-refractivity contribution is 0.0691. The third-order valence-corrected chi connectivity index (χ3v) is 4.32. The SMILES string of the molecule is O=C(O)c1csc(CNS(=O)(=O)C=Cc2ccccc2)n1. The van der Waals surface area contributed by atoms with Gasteiger partial charge in [0, 0.05) is 10.8 Å². The number of nitrogens with one attached hydrogen (secondary N) is 1. The molecule has 0 saturated carbocycles. The first-order valence-electron chi connectivity index (χ1n) is 5.87. The molecule has 1 aromatic carbocycles. The summed E-state index contributed by atoms with van der Waals surface area (Å²) in [6, 6.07) is 9.02. The van der Waals surface area contributed by atoms with E-state index in [1.54, 1.807) is 12.1 Å². The quantitative estimate of drug-likeness (QED) is 0.846. The van der Waals surface area contributed by atoms with E-state index in [0.29, 0.717) is 5.01 Å². The minimum absolute atomic E-state index is 0.0423. The molecule has 0 bridgehead atoms. The average Bonchev–Trinajstić information content (AvgIpc) is 2.94. The molecule has 2 aromatic rings. The number of carboxylic acids is 1. The fraction of sp³-hybridized carbons (Fsp3) is 0.0769. The van der Waals surface area contributed by atoms with Crippen LogP contribution in [0.15, 0.2) is 41.1 Å². The highest BCUT2D eigenvalue weighted by Crippen LogP contribution is 2.10. The second-order valence-electron chi connectivity index (χ2n) is 4.01. The van der Waals surface area contributed by atoms with Crippen LogP contribution in [-0.2, 0) is 16.6 Å². The fourth-order valence-electron chi connectivity index (χ4n) is 1.43. The molecule has 1 aromatic heterocycles. The number of aromatic carboxylic acids is 1. The Hall–Kier alpha value is -2.03. The Morgan fingerprint density at radius 2 is 2.05 bits per heavy atom. The van der Waals surface area contributed by atoms with Crippen LogP contribution < -0.4 is 4.72 Å². The third-order valence-electron chi connectivity index (χ3n) is 2.43. The van der Waals surface area contributed by atoms with Crippen LogP contribution in [-0.4, -0.2) is 24.5 Å². The third kappa shape index (κ3) is 4.78. The number of sulfonamides is 1. The Morgan fingerprint density at radius 3 is 2.67 bits per heavy atom. The van der Waals surface area contributed by atoms with Gasteiger partial charge >= 0.3 is 5.97 Å². The number of carboxylic acid groups (broad SMARTS) is 1. The van der Waals surface area contributed by atoms with Crippen molar-refractivity contribution in [3.8, 4) is 0 Å². The molecule has 21 heavy (non-hydrogen) atoms. The van der Waals surface area contributed by atoms with Gasteiger partial charge in [0.1, 0.15) is 5.01 Å². The van der Waals surface area contributed by atoms with Crippen LogP contribution in [0, 0.1) is 0 Å². The number of benzene rings is 1. The molecule has 0 radical (unpaired) electrons. The van der Waals surface area contributed by atoms with Crippen LogP contribution >= 0.6 is 11.3 Å². The van der Waals surface area contributed by atoms with E-state index in [1.807, 2.05) is 18.2 Å². The highest BCUT2D eigenvalue weighted by atomic mass is 32.2. The van der Waals surface area contributed by atoms with Crippen molar-refractivity contribution in [2.24, 2.45) is 0 Å². The molecule has 1 heterocycles. The maximum atomic E-state index is 11.8. The Bertz CT molecular complexity index is 751. The lowest BCUT2D eigenvalue weighted by Gasteiger charge is -1.99. The molecule has 8 heteroatoms. The van der Waals surface area contributed by atoms with Crippen LogP contribution in [0.2, 0.25) is 0 Å². The van der Waals surface area contributed by atoms with Gasteiger partial charge in [0.2, 0.25) is 10.0 Å². The summed E-state index contributed by atoms with van der Waals surface area (Å²) in [5, 5.41) is 11.6. The van der Waals surface area contributed by atoms with Gasteiger partial charge in [-0.1, -0.05) is 30.3 Å². The highest BCUT2D eigenvalue weighted by Gasteiger charge is 2.11. The Morgan fingerprint density at radius 1 is 1.33 bits per heavy atom. The van der Waals surface area contributed by atoms with E-state index >= 15 is 0 Å². The first kappa shape index (κ1) is 15.4. The van der Waals surface area contributed by atoms with Gasteiger partial charge < -0.3 is 5.11 Å². The van der Waals surface area contributed by atoms with Crippen LogP contribution in [0.3, 0.4) is 0 Å². The van der Waals surface area contributed by atoms with Gasteiger partial charge in [0.15, 0.2) is 5.69 Å². The first-order chi connectivity index (χ1) is 9.96. The van der Waals surface area contributed by atoms with Crippen molar-refractivity contribution in [2.45, 2.75) is 6.54 Å². The summed E-state index contributed by atoms with van der Waals surface area (Å²) >= 11 is 1.09. The monoisotopic (exact) mass is 324 g/mol. The molecule has 0 aliphatic heterocycles. The van der Waals surface area contributed by atoms with Gasteiger partial charge in [0.25, 0.3) is 0 Å². The number of carbonyl (C=O) groups is 1. The minimum Gasteiger partial charge on any atom is -0.476 e. The Kier molecular flexibility index (Phi) is 4.84. The molecule has 110 valence electrons. The maximum absolute atomic E-state index is 11.8. The van der Waals surface area contributed by atoms with Crippen LogP contribution in [0.1, 0.15) is 21.1 Å². The molecule has 0 amide bonds. The number of hydrogen-bond donors (Lipinski definition) is 2. The molecular weight excluding hydrogens is 312 g/mol. The molecule has 0 saturated heterocycles. The van der Waals surface area contributed by atoms with Crippen molar-refractivity contribution >= 4 is 33.4 Å². The molecule has 0 aliphatic carbocycles. The van der Waals surface area contributed by atoms with Crippen LogP contribution in [0.4, 0.5) is 0 Å². The fourth-order valence-corrected chi connectivity index (χ4v) is 3.00. The van der Waals surface area contributed by atoms with E-state index in [9.17, 15) is 13.2 Å². The Balaban J connectivity index is 1.98. The zero-order valence-electron chi connectivity index (χ0n) is 10.8. The number of hydrogen-bond acceptors (Lipinski definition) is 5. The van der Waals surface area contributed by atoms with Crippen molar-refractivity contribution in [3.05, 3.63) is 57.4 Å². The van der Waals surface area contributed by atoms with Crippen molar-refractivity contribution in [2.75, 3.05) is 0 Å². The van der Waals surface area contributed by atoms with E-state index < -0.39 is 16.0 Å². The van der Waals surface area contributed by atoms with Crippen molar-refractivity contribution in [1.29, 1.82) is 0 Å². The van der Waals surface area contributed by atoms with E-state index in [-0.39, 0.29) is 12.2 Å². The molecule has 0 aliphatic rings. The predicted molar refractivity (Wildman–Crippen MR) is 80.3 cm³/mol. The standard InChI is InChI=1S/C13H12N2O4S2/c16-13(17)11-9-20-12(15-11)8-14-21(18,19)7-6-10-4-2-1-3-5-10/h1-7,9,14H,8H2,(H,16,17). The summed E-state index contributed by atoms with van der Waals surface area (Å²) in [4.78, 5) is 14.5. The molecular formula is C13H12N2O4S2. The van der Waals surface area contributed by atoms with Crippen LogP contribution in [0.5, 0.6) is 0 Å². The Labute approximate surface area is 125 Å². The van der Waals surface area contributed by atoms with Crippen molar-refractivity contribution < 1.29 is 18.3 Å². The van der Waals surface area contributed by atoms with Gasteiger partial charge in [-0.3, -0.25) is 0 Å². The largest absolute Gasteiger partial charge is 0.476 e. The van der Waals surface area contributed by atoms with Gasteiger partial charge in [-0.25, -0.2) is 22.9 Å². The smallest absolute Gasteiger partial charge is 0.355 e. The highest BCUT2D eigenvalue weighted by molar-refractivity contribution is 7.92. The molecule has 0 unspecified atom stereocenters. The maximum Gasteiger partial charge on any atom is 0.355 e. The summed E-state index contributed by atoms with van der Waals surface area (Å²) in [7, 11) is -3.60. The predicted octanol–water partition coefficient (Wildman–Crippen LogP) is 1.93. The number of rotatable bonds is 6. The minimum atomic E-state index is -3.60. The molecule has 0 atom stereocenters.